The lowest BCUT2D eigenvalue weighted by atomic mass is 9.98. The molecule has 0 aromatic heterocycles. The molecule has 1 aliphatic rings. The fourth-order valence-electron chi connectivity index (χ4n) is 4.22. The molecule has 0 aliphatic carbocycles. The van der Waals surface area contributed by atoms with Gasteiger partial charge in [-0.3, -0.25) is 9.59 Å². The second-order valence-electron chi connectivity index (χ2n) is 9.72. The fourth-order valence-corrected chi connectivity index (χ4v) is 7.45. The highest BCUT2D eigenvalue weighted by molar-refractivity contribution is 7.91. The van der Waals surface area contributed by atoms with Gasteiger partial charge in [0.2, 0.25) is 18.6 Å². The van der Waals surface area contributed by atoms with Gasteiger partial charge in [-0.05, 0) is 30.0 Å². The van der Waals surface area contributed by atoms with Gasteiger partial charge in [-0.2, -0.15) is 0 Å². The first-order valence-corrected chi connectivity index (χ1v) is 16.1. The SMILES string of the molecule is CC(CS(=O)(=O)CCC(=O)NCCN)C(=O)N([C@H](N)[C@@H](C)Cc1ccccc1)S(=O)(=O)c1ccc2c(c1)OCO2. The Kier molecular flexibility index (Phi) is 10.5. The number of sulfone groups is 1. The van der Waals surface area contributed by atoms with Crippen LogP contribution in [0.2, 0.25) is 0 Å². The molecule has 2 aromatic carbocycles. The van der Waals surface area contributed by atoms with Gasteiger partial charge in [0, 0.05) is 25.6 Å². The van der Waals surface area contributed by atoms with Crippen LogP contribution in [0.15, 0.2) is 53.4 Å². The van der Waals surface area contributed by atoms with Crippen LogP contribution in [-0.2, 0) is 35.9 Å². The summed E-state index contributed by atoms with van der Waals surface area (Å²) in [6.07, 6.45) is -1.25. The maximum atomic E-state index is 13.9. The van der Waals surface area contributed by atoms with Gasteiger partial charge in [0.15, 0.2) is 21.3 Å². The Morgan fingerprint density at radius 2 is 1.70 bits per heavy atom. The van der Waals surface area contributed by atoms with Gasteiger partial charge in [-0.15, -0.1) is 0 Å². The van der Waals surface area contributed by atoms with E-state index in [2.05, 4.69) is 5.32 Å². The summed E-state index contributed by atoms with van der Waals surface area (Å²) in [7, 11) is -8.45. The molecule has 5 N–H and O–H groups in total. The van der Waals surface area contributed by atoms with E-state index in [-0.39, 0.29) is 36.9 Å². The molecule has 1 aliphatic heterocycles. The first kappa shape index (κ1) is 31.3. The van der Waals surface area contributed by atoms with Crippen LogP contribution >= 0.6 is 0 Å². The molecule has 1 heterocycles. The van der Waals surface area contributed by atoms with Gasteiger partial charge in [-0.1, -0.05) is 44.2 Å². The molecule has 0 radical (unpaired) electrons. The quantitative estimate of drug-likeness (QED) is 0.261. The Hall–Kier alpha value is -3.20. The first-order chi connectivity index (χ1) is 18.9. The first-order valence-electron chi connectivity index (χ1n) is 12.8. The standard InChI is InChI=1S/C26H36N4O8S2/c1-18(14-20-6-4-3-5-7-20)25(28)30(40(35,36)21-8-9-22-23(15-21)38-17-37-22)26(32)19(2)16-39(33,34)13-10-24(31)29-12-11-27/h3-9,15,18-19,25H,10-14,16-17,27-28H2,1-2H3,(H,29,31)/t18-,19?,25-/m0/s1. The Morgan fingerprint density at radius 1 is 1.02 bits per heavy atom. The van der Waals surface area contributed by atoms with Gasteiger partial charge in [0.25, 0.3) is 10.0 Å². The molecule has 40 heavy (non-hydrogen) atoms. The van der Waals surface area contributed by atoms with Crippen molar-refractivity contribution in [3.05, 3.63) is 54.1 Å². The average Bonchev–Trinajstić information content (AvgIpc) is 3.39. The fraction of sp³-hybridized carbons (Fsp3) is 0.462. The minimum atomic E-state index is -4.54. The Bertz CT molecular complexity index is 1400. The topological polar surface area (TPSA) is 188 Å². The number of carbonyl (C=O) groups is 2. The maximum Gasteiger partial charge on any atom is 0.268 e. The van der Waals surface area contributed by atoms with E-state index in [1.165, 1.54) is 25.1 Å². The van der Waals surface area contributed by atoms with E-state index >= 15 is 0 Å². The van der Waals surface area contributed by atoms with E-state index in [4.69, 9.17) is 20.9 Å². The molecule has 0 bridgehead atoms. The number of hydrogen-bond donors (Lipinski definition) is 3. The normalized spacial score (nSPS) is 15.2. The molecule has 12 nitrogen and oxygen atoms in total. The van der Waals surface area contributed by atoms with Gasteiger partial charge in [0.1, 0.15) is 0 Å². The summed E-state index contributed by atoms with van der Waals surface area (Å²) in [5.74, 6) is -3.87. The van der Waals surface area contributed by atoms with Crippen molar-refractivity contribution in [2.24, 2.45) is 23.3 Å². The number of nitrogens with one attached hydrogen (secondary N) is 1. The highest BCUT2D eigenvalue weighted by atomic mass is 32.2. The number of nitrogens with two attached hydrogens (primary N) is 2. The molecule has 1 unspecified atom stereocenters. The van der Waals surface area contributed by atoms with Crippen LogP contribution in [0.3, 0.4) is 0 Å². The molecule has 2 amide bonds. The number of rotatable bonds is 14. The molecule has 3 rings (SSSR count). The van der Waals surface area contributed by atoms with E-state index in [1.807, 2.05) is 30.3 Å². The molecule has 0 spiro atoms. The highest BCUT2D eigenvalue weighted by Crippen LogP contribution is 2.35. The zero-order chi connectivity index (χ0) is 29.5. The van der Waals surface area contributed by atoms with Crippen molar-refractivity contribution < 1.29 is 35.9 Å². The maximum absolute atomic E-state index is 13.9. The van der Waals surface area contributed by atoms with Gasteiger partial charge < -0.3 is 26.3 Å². The third-order valence-electron chi connectivity index (χ3n) is 6.40. The van der Waals surface area contributed by atoms with Crippen LogP contribution in [0.5, 0.6) is 11.5 Å². The smallest absolute Gasteiger partial charge is 0.268 e. The summed E-state index contributed by atoms with van der Waals surface area (Å²) in [5, 5.41) is 2.48. The average molecular weight is 597 g/mol. The summed E-state index contributed by atoms with van der Waals surface area (Å²) in [6, 6.07) is 13.2. The van der Waals surface area contributed by atoms with Crippen molar-refractivity contribution in [2.45, 2.75) is 37.8 Å². The summed E-state index contributed by atoms with van der Waals surface area (Å²) in [4.78, 5) is 25.3. The van der Waals surface area contributed by atoms with E-state index in [9.17, 15) is 26.4 Å². The van der Waals surface area contributed by atoms with E-state index in [1.54, 1.807) is 6.92 Å². The largest absolute Gasteiger partial charge is 0.454 e. The van der Waals surface area contributed by atoms with Crippen LogP contribution in [0, 0.1) is 11.8 Å². The van der Waals surface area contributed by atoms with E-state index in [0.29, 0.717) is 16.5 Å². The number of ether oxygens (including phenoxy) is 2. The van der Waals surface area contributed by atoms with Crippen molar-refractivity contribution in [1.29, 1.82) is 0 Å². The van der Waals surface area contributed by atoms with Crippen molar-refractivity contribution in [2.75, 3.05) is 31.4 Å². The number of fused-ring (bicyclic) bond motifs is 1. The molecule has 14 heteroatoms. The molecule has 220 valence electrons. The molecule has 0 saturated heterocycles. The van der Waals surface area contributed by atoms with E-state index < -0.39 is 61.2 Å². The molecule has 0 fully saturated rings. The number of hydrogen-bond acceptors (Lipinski definition) is 10. The van der Waals surface area contributed by atoms with Crippen molar-refractivity contribution in [3.63, 3.8) is 0 Å². The summed E-state index contributed by atoms with van der Waals surface area (Å²) < 4.78 is 64.4. The zero-order valence-corrected chi connectivity index (χ0v) is 24.1. The Labute approximate surface area is 235 Å². The Morgan fingerprint density at radius 3 is 2.38 bits per heavy atom. The molecular weight excluding hydrogens is 560 g/mol. The third kappa shape index (κ3) is 7.93. The number of carbonyl (C=O) groups excluding carboxylic acids is 2. The summed E-state index contributed by atoms with van der Waals surface area (Å²) in [5.41, 5.74) is 12.7. The van der Waals surface area contributed by atoms with Crippen molar-refractivity contribution in [1.82, 2.24) is 9.62 Å². The van der Waals surface area contributed by atoms with Crippen LogP contribution in [0.1, 0.15) is 25.8 Å². The molecule has 0 saturated carbocycles. The van der Waals surface area contributed by atoms with Crippen LogP contribution < -0.4 is 26.3 Å². The molecule has 3 atom stereocenters. The summed E-state index contributed by atoms with van der Waals surface area (Å²) in [6.45, 7) is 3.38. The van der Waals surface area contributed by atoms with Gasteiger partial charge in [0.05, 0.1) is 28.5 Å². The highest BCUT2D eigenvalue weighted by Gasteiger charge is 2.40. The summed E-state index contributed by atoms with van der Waals surface area (Å²) >= 11 is 0. The lowest BCUT2D eigenvalue weighted by Gasteiger charge is -2.34. The zero-order valence-electron chi connectivity index (χ0n) is 22.5. The predicted octanol–water partition coefficient (Wildman–Crippen LogP) is 0.612. The molecular formula is C26H36N4O8S2. The number of nitrogens with zero attached hydrogens (tertiary/aromatic N) is 1. The second kappa shape index (κ2) is 13.4. The van der Waals surface area contributed by atoms with Crippen molar-refractivity contribution >= 4 is 31.7 Å². The second-order valence-corrected chi connectivity index (χ2v) is 13.8. The lowest BCUT2D eigenvalue weighted by molar-refractivity contribution is -0.131. The van der Waals surface area contributed by atoms with Crippen LogP contribution in [0.25, 0.3) is 0 Å². The van der Waals surface area contributed by atoms with Crippen LogP contribution in [-0.4, -0.2) is 70.5 Å². The van der Waals surface area contributed by atoms with Gasteiger partial charge >= 0.3 is 0 Å². The molecule has 2 aromatic rings. The monoisotopic (exact) mass is 596 g/mol. The lowest BCUT2D eigenvalue weighted by Crippen LogP contribution is -2.55. The number of benzene rings is 2. The predicted molar refractivity (Wildman–Crippen MR) is 148 cm³/mol. The number of amides is 2. The van der Waals surface area contributed by atoms with Crippen molar-refractivity contribution in [3.8, 4) is 11.5 Å². The van der Waals surface area contributed by atoms with Gasteiger partial charge in [-0.25, -0.2) is 21.1 Å². The minimum absolute atomic E-state index is 0.0752. The van der Waals surface area contributed by atoms with Crippen LogP contribution in [0.4, 0.5) is 0 Å². The minimum Gasteiger partial charge on any atom is -0.454 e. The van der Waals surface area contributed by atoms with E-state index in [0.717, 1.165) is 5.56 Å². The third-order valence-corrected chi connectivity index (χ3v) is 10.0. The number of sulfonamides is 1. The Balaban J connectivity index is 1.87.